The number of halogens is 3. The number of nitrogens with zero attached hydrogens (tertiary/aromatic N) is 1. The molecule has 2 aromatic carbocycles. The van der Waals surface area contributed by atoms with Crippen molar-refractivity contribution >= 4 is 54.2 Å². The molecule has 116 valence electrons. The van der Waals surface area contributed by atoms with Crippen LogP contribution >= 0.6 is 43.2 Å². The van der Waals surface area contributed by atoms with Crippen LogP contribution in [0.2, 0.25) is 0 Å². The molecule has 7 heteroatoms. The predicted molar refractivity (Wildman–Crippen MR) is 97.3 cm³/mol. The van der Waals surface area contributed by atoms with E-state index < -0.39 is 5.82 Å². The molecular weight excluding hydrogens is 447 g/mol. The Morgan fingerprint density at radius 1 is 1.17 bits per heavy atom. The highest BCUT2D eigenvalue weighted by atomic mass is 79.9. The van der Waals surface area contributed by atoms with Gasteiger partial charge in [0.15, 0.2) is 5.13 Å². The summed E-state index contributed by atoms with van der Waals surface area (Å²) < 4.78 is 14.4. The molecule has 23 heavy (non-hydrogen) atoms. The van der Waals surface area contributed by atoms with E-state index in [9.17, 15) is 9.18 Å². The number of hydrogen-bond acceptors (Lipinski definition) is 3. The second-order valence-electron chi connectivity index (χ2n) is 4.63. The van der Waals surface area contributed by atoms with Crippen molar-refractivity contribution in [1.82, 2.24) is 4.98 Å². The lowest BCUT2D eigenvalue weighted by molar-refractivity contribution is 0.102. The Morgan fingerprint density at radius 2 is 2.00 bits per heavy atom. The van der Waals surface area contributed by atoms with Crippen LogP contribution in [0.1, 0.15) is 10.4 Å². The summed E-state index contributed by atoms with van der Waals surface area (Å²) in [5.41, 5.74) is 2.10. The molecule has 0 bridgehead atoms. The minimum absolute atomic E-state index is 0.249. The van der Waals surface area contributed by atoms with E-state index in [4.69, 9.17) is 0 Å². The van der Waals surface area contributed by atoms with Gasteiger partial charge in [0.05, 0.1) is 10.2 Å². The first-order valence-corrected chi connectivity index (χ1v) is 8.97. The summed E-state index contributed by atoms with van der Waals surface area (Å²) in [7, 11) is 0. The lowest BCUT2D eigenvalue weighted by Crippen LogP contribution is -2.11. The number of carbonyl (C=O) groups excluding carboxylic acids is 1. The van der Waals surface area contributed by atoms with Crippen LogP contribution in [0, 0.1) is 5.82 Å². The van der Waals surface area contributed by atoms with Gasteiger partial charge in [-0.25, -0.2) is 9.37 Å². The summed E-state index contributed by atoms with van der Waals surface area (Å²) in [5, 5.41) is 5.09. The molecule has 3 nitrogen and oxygen atoms in total. The quantitative estimate of drug-likeness (QED) is 0.548. The molecule has 0 saturated heterocycles. The molecule has 3 rings (SSSR count). The minimum atomic E-state index is -0.410. The van der Waals surface area contributed by atoms with Crippen molar-refractivity contribution < 1.29 is 9.18 Å². The van der Waals surface area contributed by atoms with Gasteiger partial charge in [-0.2, -0.15) is 0 Å². The second kappa shape index (κ2) is 6.90. The van der Waals surface area contributed by atoms with Gasteiger partial charge in [0.25, 0.3) is 5.91 Å². The number of aromatic nitrogens is 1. The van der Waals surface area contributed by atoms with Gasteiger partial charge in [-0.3, -0.25) is 10.1 Å². The third-order valence-electron chi connectivity index (χ3n) is 3.03. The topological polar surface area (TPSA) is 42.0 Å². The summed E-state index contributed by atoms with van der Waals surface area (Å²) >= 11 is 7.83. The number of nitrogens with one attached hydrogen (secondary N) is 1. The first-order chi connectivity index (χ1) is 11.0. The van der Waals surface area contributed by atoms with Crippen LogP contribution in [0.15, 0.2) is 56.8 Å². The molecule has 0 atom stereocenters. The molecule has 0 aliphatic heterocycles. The highest BCUT2D eigenvalue weighted by Gasteiger charge is 2.12. The molecule has 3 aromatic rings. The first kappa shape index (κ1) is 16.3. The van der Waals surface area contributed by atoms with E-state index in [2.05, 4.69) is 42.2 Å². The molecule has 1 heterocycles. The normalized spacial score (nSPS) is 10.6. The zero-order chi connectivity index (χ0) is 16.4. The molecule has 1 aromatic heterocycles. The standard InChI is InChI=1S/C16H9Br2FN2OS/c17-11-3-1-2-9(6-11)14-8-23-16(20-14)21-15(22)10-4-5-13(19)12(18)7-10/h1-8H,(H,20,21,22). The number of hydrogen-bond donors (Lipinski definition) is 1. The summed E-state index contributed by atoms with van der Waals surface area (Å²) in [4.78, 5) is 16.6. The summed E-state index contributed by atoms with van der Waals surface area (Å²) in [5.74, 6) is -0.742. The van der Waals surface area contributed by atoms with Gasteiger partial charge >= 0.3 is 0 Å². The molecule has 0 radical (unpaired) electrons. The number of amides is 1. The van der Waals surface area contributed by atoms with Crippen molar-refractivity contribution in [3.05, 3.63) is 68.2 Å². The third kappa shape index (κ3) is 3.85. The van der Waals surface area contributed by atoms with Crippen LogP contribution in [0.4, 0.5) is 9.52 Å². The SMILES string of the molecule is O=C(Nc1nc(-c2cccc(Br)c2)cs1)c1ccc(F)c(Br)c1. The predicted octanol–water partition coefficient (Wildman–Crippen LogP) is 5.73. The van der Waals surface area contributed by atoms with Gasteiger partial charge < -0.3 is 0 Å². The monoisotopic (exact) mass is 454 g/mol. The largest absolute Gasteiger partial charge is 0.298 e. The fraction of sp³-hybridized carbons (Fsp3) is 0. The average molecular weight is 456 g/mol. The zero-order valence-electron chi connectivity index (χ0n) is 11.5. The third-order valence-corrected chi connectivity index (χ3v) is 4.89. The van der Waals surface area contributed by atoms with Crippen LogP contribution in [-0.4, -0.2) is 10.9 Å². The van der Waals surface area contributed by atoms with Gasteiger partial charge in [-0.15, -0.1) is 11.3 Å². The van der Waals surface area contributed by atoms with Crippen molar-refractivity contribution in [2.24, 2.45) is 0 Å². The molecule has 0 aliphatic carbocycles. The first-order valence-electron chi connectivity index (χ1n) is 6.51. The Kier molecular flexibility index (Phi) is 4.89. The Hall–Kier alpha value is -1.57. The van der Waals surface area contributed by atoms with E-state index in [1.54, 1.807) is 0 Å². The van der Waals surface area contributed by atoms with Crippen molar-refractivity contribution in [2.45, 2.75) is 0 Å². The Bertz CT molecular complexity index is 882. The Labute approximate surface area is 152 Å². The maximum atomic E-state index is 13.2. The lowest BCUT2D eigenvalue weighted by atomic mass is 10.2. The van der Waals surface area contributed by atoms with Gasteiger partial charge in [0, 0.05) is 21.0 Å². The number of thiazole rings is 1. The molecule has 0 unspecified atom stereocenters. The van der Waals surface area contributed by atoms with Crippen molar-refractivity contribution in [2.75, 3.05) is 5.32 Å². The highest BCUT2D eigenvalue weighted by Crippen LogP contribution is 2.27. The highest BCUT2D eigenvalue weighted by molar-refractivity contribution is 9.10. The van der Waals surface area contributed by atoms with E-state index in [1.807, 2.05) is 29.6 Å². The van der Waals surface area contributed by atoms with Gasteiger partial charge in [-0.05, 0) is 46.3 Å². The van der Waals surface area contributed by atoms with E-state index in [-0.39, 0.29) is 10.4 Å². The van der Waals surface area contributed by atoms with E-state index in [0.29, 0.717) is 10.7 Å². The Morgan fingerprint density at radius 3 is 2.74 bits per heavy atom. The summed E-state index contributed by atoms with van der Waals surface area (Å²) in [6, 6.07) is 11.9. The van der Waals surface area contributed by atoms with E-state index in [0.717, 1.165) is 15.7 Å². The van der Waals surface area contributed by atoms with Crippen LogP contribution in [0.3, 0.4) is 0 Å². The lowest BCUT2D eigenvalue weighted by Gasteiger charge is -2.03. The van der Waals surface area contributed by atoms with Gasteiger partial charge in [0.1, 0.15) is 5.82 Å². The van der Waals surface area contributed by atoms with Crippen LogP contribution < -0.4 is 5.32 Å². The molecule has 1 amide bonds. The van der Waals surface area contributed by atoms with Crippen LogP contribution in [0.25, 0.3) is 11.3 Å². The van der Waals surface area contributed by atoms with Crippen LogP contribution in [0.5, 0.6) is 0 Å². The average Bonchev–Trinajstić information content (AvgIpc) is 2.98. The number of carbonyl (C=O) groups is 1. The van der Waals surface area contributed by atoms with Gasteiger partial charge in [0.2, 0.25) is 0 Å². The summed E-state index contributed by atoms with van der Waals surface area (Å²) in [6.07, 6.45) is 0. The molecule has 1 N–H and O–H groups in total. The van der Waals surface area contributed by atoms with Crippen molar-refractivity contribution in [3.63, 3.8) is 0 Å². The van der Waals surface area contributed by atoms with Crippen molar-refractivity contribution in [1.29, 1.82) is 0 Å². The van der Waals surface area contributed by atoms with E-state index in [1.165, 1.54) is 29.5 Å². The van der Waals surface area contributed by atoms with Gasteiger partial charge in [-0.1, -0.05) is 28.1 Å². The summed E-state index contributed by atoms with van der Waals surface area (Å²) in [6.45, 7) is 0. The number of rotatable bonds is 3. The molecule has 0 spiro atoms. The van der Waals surface area contributed by atoms with E-state index >= 15 is 0 Å². The van der Waals surface area contributed by atoms with Crippen LogP contribution in [-0.2, 0) is 0 Å². The molecular formula is C16H9Br2FN2OS. The number of anilines is 1. The second-order valence-corrected chi connectivity index (χ2v) is 7.26. The maximum Gasteiger partial charge on any atom is 0.257 e. The number of benzene rings is 2. The fourth-order valence-electron chi connectivity index (χ4n) is 1.92. The smallest absolute Gasteiger partial charge is 0.257 e. The molecule has 0 saturated carbocycles. The molecule has 0 fully saturated rings. The molecule has 0 aliphatic rings. The zero-order valence-corrected chi connectivity index (χ0v) is 15.5. The van der Waals surface area contributed by atoms with Crippen molar-refractivity contribution in [3.8, 4) is 11.3 Å². The fourth-order valence-corrected chi connectivity index (χ4v) is 3.41. The minimum Gasteiger partial charge on any atom is -0.298 e. The Balaban J connectivity index is 1.78. The maximum absolute atomic E-state index is 13.2.